The molecule has 0 fully saturated rings. The van der Waals surface area contributed by atoms with Crippen LogP contribution in [0.2, 0.25) is 0 Å². The highest BCUT2D eigenvalue weighted by Gasteiger charge is 2.00. The molecule has 2 heteroatoms. The summed E-state index contributed by atoms with van der Waals surface area (Å²) in [5.74, 6) is 0.359. The second kappa shape index (κ2) is 2.76. The van der Waals surface area contributed by atoms with Crippen molar-refractivity contribution in [3.63, 3.8) is 0 Å². The van der Waals surface area contributed by atoms with Crippen molar-refractivity contribution >= 4 is 25.3 Å². The highest BCUT2D eigenvalue weighted by Crippen LogP contribution is 2.23. The van der Waals surface area contributed by atoms with Crippen molar-refractivity contribution < 1.29 is 5.11 Å². The number of rotatable bonds is 0. The summed E-state index contributed by atoms with van der Waals surface area (Å²) in [5, 5.41) is 12.5. The van der Waals surface area contributed by atoms with Gasteiger partial charge in [-0.15, -0.1) is 9.24 Å². The lowest BCUT2D eigenvalue weighted by Gasteiger charge is -2.02. The normalized spacial score (nSPS) is 10.4. The van der Waals surface area contributed by atoms with E-state index in [4.69, 9.17) is 0 Å². The quantitative estimate of drug-likeness (QED) is 0.609. The number of hydrogen-bond acceptors (Lipinski definition) is 1. The Morgan fingerprint density at radius 2 is 1.75 bits per heavy atom. The van der Waals surface area contributed by atoms with Gasteiger partial charge in [-0.25, -0.2) is 0 Å². The highest BCUT2D eigenvalue weighted by atomic mass is 31.0. The first-order valence-electron chi connectivity index (χ1n) is 3.75. The third-order valence-electron chi connectivity index (χ3n) is 1.93. The molecule has 0 aliphatic rings. The first-order chi connectivity index (χ1) is 5.79. The van der Waals surface area contributed by atoms with Gasteiger partial charge >= 0.3 is 0 Å². The summed E-state index contributed by atoms with van der Waals surface area (Å²) < 4.78 is 0. The number of aromatic hydroxyl groups is 1. The van der Waals surface area contributed by atoms with Crippen molar-refractivity contribution in [1.29, 1.82) is 0 Å². The molecule has 2 aromatic carbocycles. The Hall–Kier alpha value is -1.07. The van der Waals surface area contributed by atoms with Crippen LogP contribution in [0, 0.1) is 0 Å². The maximum atomic E-state index is 9.64. The Balaban J connectivity index is 2.91. The standard InChI is InChI=1S/C10H9OP/c11-10-8-4-2-1-3-7(8)5-6-9(10)12/h1-6,11H,12H2. The Bertz CT molecular complexity index is 423. The molecule has 0 saturated carbocycles. The molecule has 0 spiro atoms. The van der Waals surface area contributed by atoms with Gasteiger partial charge in [-0.1, -0.05) is 36.4 Å². The van der Waals surface area contributed by atoms with Crippen LogP contribution in [-0.2, 0) is 0 Å². The summed E-state index contributed by atoms with van der Waals surface area (Å²) in [6.07, 6.45) is 0. The fourth-order valence-electron chi connectivity index (χ4n) is 1.27. The Morgan fingerprint density at radius 1 is 1.00 bits per heavy atom. The number of fused-ring (bicyclic) bond motifs is 1. The third kappa shape index (κ3) is 1.07. The lowest BCUT2D eigenvalue weighted by molar-refractivity contribution is 0.486. The molecule has 0 amide bonds. The summed E-state index contributed by atoms with van der Waals surface area (Å²) in [4.78, 5) is 0. The summed E-state index contributed by atoms with van der Waals surface area (Å²) in [5.41, 5.74) is 0. The highest BCUT2D eigenvalue weighted by molar-refractivity contribution is 7.27. The van der Waals surface area contributed by atoms with Crippen molar-refractivity contribution in [1.82, 2.24) is 0 Å². The minimum absolute atomic E-state index is 0.359. The summed E-state index contributed by atoms with van der Waals surface area (Å²) >= 11 is 0. The summed E-state index contributed by atoms with van der Waals surface area (Å²) in [6.45, 7) is 0. The van der Waals surface area contributed by atoms with Crippen LogP contribution in [0.4, 0.5) is 0 Å². The number of phenols is 1. The molecule has 1 N–H and O–H groups in total. The Morgan fingerprint density at radius 3 is 2.58 bits per heavy atom. The molecular formula is C10H9OP. The molecule has 2 rings (SSSR count). The average Bonchev–Trinajstić information content (AvgIpc) is 2.12. The van der Waals surface area contributed by atoms with Crippen molar-refractivity contribution in [2.24, 2.45) is 0 Å². The SMILES string of the molecule is Oc1c(P)ccc2ccccc12. The van der Waals surface area contributed by atoms with Gasteiger partial charge in [0.1, 0.15) is 5.75 Å². The van der Waals surface area contributed by atoms with E-state index in [1.807, 2.05) is 36.4 Å². The molecule has 0 bridgehead atoms. The molecule has 0 saturated heterocycles. The molecule has 1 nitrogen and oxygen atoms in total. The van der Waals surface area contributed by atoms with Gasteiger partial charge < -0.3 is 5.11 Å². The van der Waals surface area contributed by atoms with Crippen molar-refractivity contribution in [2.45, 2.75) is 0 Å². The topological polar surface area (TPSA) is 20.2 Å². The van der Waals surface area contributed by atoms with E-state index >= 15 is 0 Å². The first-order valence-corrected chi connectivity index (χ1v) is 4.33. The molecule has 2 aromatic rings. The van der Waals surface area contributed by atoms with Gasteiger partial charge in [0, 0.05) is 10.7 Å². The molecule has 0 aliphatic heterocycles. The molecule has 0 aliphatic carbocycles. The van der Waals surface area contributed by atoms with Crippen LogP contribution in [-0.4, -0.2) is 5.11 Å². The van der Waals surface area contributed by atoms with Gasteiger partial charge in [-0.3, -0.25) is 0 Å². The van der Waals surface area contributed by atoms with Crippen LogP contribution in [0.25, 0.3) is 10.8 Å². The van der Waals surface area contributed by atoms with Crippen LogP contribution in [0.15, 0.2) is 36.4 Å². The zero-order valence-electron chi connectivity index (χ0n) is 6.49. The fourth-order valence-corrected chi connectivity index (χ4v) is 1.52. The van der Waals surface area contributed by atoms with E-state index in [1.54, 1.807) is 0 Å². The van der Waals surface area contributed by atoms with E-state index in [-0.39, 0.29) is 0 Å². The predicted molar refractivity (Wildman–Crippen MR) is 55.0 cm³/mol. The maximum absolute atomic E-state index is 9.64. The van der Waals surface area contributed by atoms with Gasteiger partial charge in [0.2, 0.25) is 0 Å². The predicted octanol–water partition coefficient (Wildman–Crippen LogP) is 2.05. The summed E-state index contributed by atoms with van der Waals surface area (Å²) in [7, 11) is 2.51. The van der Waals surface area contributed by atoms with E-state index in [0.29, 0.717) is 5.75 Å². The van der Waals surface area contributed by atoms with E-state index in [0.717, 1.165) is 16.1 Å². The zero-order chi connectivity index (χ0) is 8.55. The molecule has 1 unspecified atom stereocenters. The van der Waals surface area contributed by atoms with Gasteiger partial charge in [-0.05, 0) is 5.39 Å². The largest absolute Gasteiger partial charge is 0.507 e. The average molecular weight is 176 g/mol. The zero-order valence-corrected chi connectivity index (χ0v) is 7.64. The van der Waals surface area contributed by atoms with Gasteiger partial charge in [-0.2, -0.15) is 0 Å². The van der Waals surface area contributed by atoms with Crippen LogP contribution in [0.1, 0.15) is 0 Å². The van der Waals surface area contributed by atoms with Crippen LogP contribution >= 0.6 is 9.24 Å². The second-order valence-corrected chi connectivity index (χ2v) is 3.35. The van der Waals surface area contributed by atoms with Crippen LogP contribution in [0.3, 0.4) is 0 Å². The van der Waals surface area contributed by atoms with E-state index in [2.05, 4.69) is 9.24 Å². The van der Waals surface area contributed by atoms with Gasteiger partial charge in [0.05, 0.1) is 0 Å². The second-order valence-electron chi connectivity index (χ2n) is 2.72. The van der Waals surface area contributed by atoms with Crippen molar-refractivity contribution in [3.8, 4) is 5.75 Å². The molecular weight excluding hydrogens is 167 g/mol. The van der Waals surface area contributed by atoms with E-state index in [9.17, 15) is 5.11 Å². The fraction of sp³-hybridized carbons (Fsp3) is 0. The molecule has 0 heterocycles. The van der Waals surface area contributed by atoms with Crippen molar-refractivity contribution in [3.05, 3.63) is 36.4 Å². The minimum atomic E-state index is 0.359. The minimum Gasteiger partial charge on any atom is -0.507 e. The lowest BCUT2D eigenvalue weighted by Crippen LogP contribution is -1.90. The number of phenolic OH excluding ortho intramolecular Hbond substituents is 1. The van der Waals surface area contributed by atoms with Crippen LogP contribution in [0.5, 0.6) is 5.75 Å². The first kappa shape index (κ1) is 7.57. The van der Waals surface area contributed by atoms with Gasteiger partial charge in [0.25, 0.3) is 0 Å². The van der Waals surface area contributed by atoms with Gasteiger partial charge in [0.15, 0.2) is 0 Å². The smallest absolute Gasteiger partial charge is 0.130 e. The van der Waals surface area contributed by atoms with Crippen LogP contribution < -0.4 is 5.30 Å². The Labute approximate surface area is 73.2 Å². The molecule has 0 radical (unpaired) electrons. The molecule has 12 heavy (non-hydrogen) atoms. The lowest BCUT2D eigenvalue weighted by atomic mass is 10.1. The monoisotopic (exact) mass is 176 g/mol. The van der Waals surface area contributed by atoms with E-state index < -0.39 is 0 Å². The van der Waals surface area contributed by atoms with E-state index in [1.165, 1.54) is 0 Å². The molecule has 0 aromatic heterocycles. The van der Waals surface area contributed by atoms with Crippen molar-refractivity contribution in [2.75, 3.05) is 0 Å². The summed E-state index contributed by atoms with van der Waals surface area (Å²) in [6, 6.07) is 11.7. The third-order valence-corrected chi connectivity index (χ3v) is 2.40. The number of hydrogen-bond donors (Lipinski definition) is 1. The number of benzene rings is 2. The molecule has 1 atom stereocenters. The Kier molecular flexibility index (Phi) is 1.74. The maximum Gasteiger partial charge on any atom is 0.130 e. The molecule has 60 valence electrons.